The van der Waals surface area contributed by atoms with Gasteiger partial charge >= 0.3 is 0 Å². The molecule has 1 aliphatic rings. The van der Waals surface area contributed by atoms with E-state index in [1.165, 1.54) is 0 Å². The monoisotopic (exact) mass is 228 g/mol. The third kappa shape index (κ3) is 2.23. The first kappa shape index (κ1) is 13.5. The van der Waals surface area contributed by atoms with Gasteiger partial charge in [-0.15, -0.1) is 0 Å². The standard InChI is InChI=1S/C12H24N2O2/c1-11(2)10(12(11,3)4)14-9(15)8(13)6-7-16-5/h8,10H,6-7,13H2,1-5H3,(H,14,15). The minimum atomic E-state index is -0.466. The zero-order valence-corrected chi connectivity index (χ0v) is 11.0. The Morgan fingerprint density at radius 3 is 2.25 bits per heavy atom. The Morgan fingerprint density at radius 2 is 1.88 bits per heavy atom. The Morgan fingerprint density at radius 1 is 1.38 bits per heavy atom. The molecule has 1 fully saturated rings. The average molecular weight is 228 g/mol. The molecular formula is C12H24N2O2. The third-order valence-electron chi connectivity index (χ3n) is 4.28. The fraction of sp³-hybridized carbons (Fsp3) is 0.917. The molecule has 0 aromatic heterocycles. The molecule has 94 valence electrons. The van der Waals surface area contributed by atoms with Crippen molar-refractivity contribution in [1.82, 2.24) is 5.32 Å². The summed E-state index contributed by atoms with van der Waals surface area (Å²) >= 11 is 0. The van der Waals surface area contributed by atoms with Crippen molar-refractivity contribution >= 4 is 5.91 Å². The largest absolute Gasteiger partial charge is 0.385 e. The molecule has 0 aromatic rings. The molecule has 16 heavy (non-hydrogen) atoms. The van der Waals surface area contributed by atoms with Crippen LogP contribution in [0, 0.1) is 10.8 Å². The number of amides is 1. The summed E-state index contributed by atoms with van der Waals surface area (Å²) in [5, 5.41) is 3.02. The molecule has 1 atom stereocenters. The Kier molecular flexibility index (Phi) is 3.65. The number of hydrogen-bond acceptors (Lipinski definition) is 3. The van der Waals surface area contributed by atoms with Crippen LogP contribution in [-0.4, -0.2) is 31.7 Å². The highest BCUT2D eigenvalue weighted by atomic mass is 16.5. The van der Waals surface area contributed by atoms with E-state index < -0.39 is 6.04 Å². The first-order chi connectivity index (χ1) is 7.25. The van der Waals surface area contributed by atoms with Crippen LogP contribution in [0.3, 0.4) is 0 Å². The van der Waals surface area contributed by atoms with Gasteiger partial charge in [0.15, 0.2) is 0 Å². The van der Waals surface area contributed by atoms with Gasteiger partial charge in [-0.3, -0.25) is 4.79 Å². The van der Waals surface area contributed by atoms with Gasteiger partial charge in [0.25, 0.3) is 0 Å². The van der Waals surface area contributed by atoms with Gasteiger partial charge in [-0.25, -0.2) is 0 Å². The minimum Gasteiger partial charge on any atom is -0.385 e. The topological polar surface area (TPSA) is 64.3 Å². The number of carbonyl (C=O) groups is 1. The van der Waals surface area contributed by atoms with E-state index in [1.807, 2.05) is 0 Å². The lowest BCUT2D eigenvalue weighted by Crippen LogP contribution is -2.43. The van der Waals surface area contributed by atoms with Crippen LogP contribution in [0.15, 0.2) is 0 Å². The Bertz CT molecular complexity index is 260. The van der Waals surface area contributed by atoms with E-state index >= 15 is 0 Å². The molecule has 1 unspecified atom stereocenters. The van der Waals surface area contributed by atoms with Gasteiger partial charge < -0.3 is 15.8 Å². The highest BCUT2D eigenvalue weighted by Gasteiger charge is 2.65. The second-order valence-corrected chi connectivity index (χ2v) is 5.77. The maximum atomic E-state index is 11.8. The van der Waals surface area contributed by atoms with Gasteiger partial charge in [-0.1, -0.05) is 27.7 Å². The number of rotatable bonds is 5. The summed E-state index contributed by atoms with van der Waals surface area (Å²) in [6.07, 6.45) is 0.565. The summed E-state index contributed by atoms with van der Waals surface area (Å²) in [6, 6.07) is -0.242. The Labute approximate surface area is 97.9 Å². The van der Waals surface area contributed by atoms with Crippen molar-refractivity contribution in [1.29, 1.82) is 0 Å². The number of hydrogen-bond donors (Lipinski definition) is 2. The lowest BCUT2D eigenvalue weighted by Gasteiger charge is -2.12. The summed E-state index contributed by atoms with van der Waals surface area (Å²) in [5.74, 6) is -0.0688. The van der Waals surface area contributed by atoms with Crippen molar-refractivity contribution in [2.75, 3.05) is 13.7 Å². The van der Waals surface area contributed by atoms with Crippen LogP contribution in [0.25, 0.3) is 0 Å². The SMILES string of the molecule is COCCC(N)C(=O)NC1C(C)(C)C1(C)C. The van der Waals surface area contributed by atoms with Crippen molar-refractivity contribution in [2.45, 2.75) is 46.2 Å². The highest BCUT2D eigenvalue weighted by Crippen LogP contribution is 2.62. The van der Waals surface area contributed by atoms with Crippen LogP contribution in [0.1, 0.15) is 34.1 Å². The molecular weight excluding hydrogens is 204 g/mol. The lowest BCUT2D eigenvalue weighted by atomic mass is 10.0. The van der Waals surface area contributed by atoms with E-state index in [4.69, 9.17) is 10.5 Å². The first-order valence-corrected chi connectivity index (χ1v) is 5.80. The second-order valence-electron chi connectivity index (χ2n) is 5.77. The van der Waals surface area contributed by atoms with Crippen LogP contribution in [0.2, 0.25) is 0 Å². The van der Waals surface area contributed by atoms with Gasteiger partial charge in [-0.05, 0) is 17.3 Å². The molecule has 1 saturated carbocycles. The summed E-state index contributed by atoms with van der Waals surface area (Å²) in [5.41, 5.74) is 6.08. The number of carbonyl (C=O) groups excluding carboxylic acids is 1. The van der Waals surface area contributed by atoms with Crippen LogP contribution >= 0.6 is 0 Å². The summed E-state index contributed by atoms with van der Waals surface area (Å²) < 4.78 is 4.91. The number of nitrogens with one attached hydrogen (secondary N) is 1. The quantitative estimate of drug-likeness (QED) is 0.735. The fourth-order valence-corrected chi connectivity index (χ4v) is 2.18. The van der Waals surface area contributed by atoms with E-state index in [9.17, 15) is 4.79 Å². The molecule has 3 N–H and O–H groups in total. The molecule has 0 radical (unpaired) electrons. The maximum absolute atomic E-state index is 11.8. The molecule has 4 heteroatoms. The summed E-state index contributed by atoms with van der Waals surface area (Å²) in [6.45, 7) is 9.18. The van der Waals surface area contributed by atoms with Crippen LogP contribution in [-0.2, 0) is 9.53 Å². The predicted molar refractivity (Wildman–Crippen MR) is 64.0 cm³/mol. The predicted octanol–water partition coefficient (Wildman–Crippen LogP) is 0.901. The molecule has 0 saturated heterocycles. The average Bonchev–Trinajstić information content (AvgIpc) is 2.57. The first-order valence-electron chi connectivity index (χ1n) is 5.80. The van der Waals surface area contributed by atoms with Gasteiger partial charge in [0.05, 0.1) is 6.04 Å². The van der Waals surface area contributed by atoms with E-state index in [0.717, 1.165) is 0 Å². The number of methoxy groups -OCH3 is 1. The Balaban J connectivity index is 2.42. The van der Waals surface area contributed by atoms with Crippen molar-refractivity contribution < 1.29 is 9.53 Å². The molecule has 1 amide bonds. The normalized spacial score (nSPS) is 23.9. The highest BCUT2D eigenvalue weighted by molar-refractivity contribution is 5.82. The van der Waals surface area contributed by atoms with Crippen molar-refractivity contribution in [2.24, 2.45) is 16.6 Å². The van der Waals surface area contributed by atoms with E-state index in [0.29, 0.717) is 13.0 Å². The summed E-state index contributed by atoms with van der Waals surface area (Å²) in [4.78, 5) is 11.8. The molecule has 4 nitrogen and oxygen atoms in total. The second kappa shape index (κ2) is 4.34. The molecule has 0 aliphatic heterocycles. The van der Waals surface area contributed by atoms with Gasteiger partial charge in [0.2, 0.25) is 5.91 Å². The van der Waals surface area contributed by atoms with Crippen LogP contribution in [0.4, 0.5) is 0 Å². The number of ether oxygens (including phenoxy) is 1. The van der Waals surface area contributed by atoms with Crippen molar-refractivity contribution in [3.63, 3.8) is 0 Å². The lowest BCUT2D eigenvalue weighted by molar-refractivity contribution is -0.123. The van der Waals surface area contributed by atoms with Gasteiger partial charge in [0.1, 0.15) is 0 Å². The van der Waals surface area contributed by atoms with Crippen molar-refractivity contribution in [3.8, 4) is 0 Å². The minimum absolute atomic E-state index is 0.0688. The summed E-state index contributed by atoms with van der Waals surface area (Å²) in [7, 11) is 1.61. The fourth-order valence-electron chi connectivity index (χ4n) is 2.18. The molecule has 1 aliphatic carbocycles. The van der Waals surface area contributed by atoms with Crippen LogP contribution in [0.5, 0.6) is 0 Å². The van der Waals surface area contributed by atoms with E-state index in [-0.39, 0.29) is 22.8 Å². The molecule has 0 bridgehead atoms. The smallest absolute Gasteiger partial charge is 0.237 e. The molecule has 1 rings (SSSR count). The zero-order chi connectivity index (χ0) is 12.6. The zero-order valence-electron chi connectivity index (χ0n) is 11.0. The number of nitrogens with two attached hydrogens (primary N) is 1. The third-order valence-corrected chi connectivity index (χ3v) is 4.28. The van der Waals surface area contributed by atoms with Crippen LogP contribution < -0.4 is 11.1 Å². The Hall–Kier alpha value is -0.610. The van der Waals surface area contributed by atoms with Crippen molar-refractivity contribution in [3.05, 3.63) is 0 Å². The van der Waals surface area contributed by atoms with Gasteiger partial charge in [-0.2, -0.15) is 0 Å². The van der Waals surface area contributed by atoms with E-state index in [2.05, 4.69) is 33.0 Å². The van der Waals surface area contributed by atoms with E-state index in [1.54, 1.807) is 7.11 Å². The maximum Gasteiger partial charge on any atom is 0.237 e. The molecule has 0 heterocycles. The van der Waals surface area contributed by atoms with Gasteiger partial charge in [0, 0.05) is 19.8 Å². The molecule has 0 spiro atoms. The molecule has 0 aromatic carbocycles.